The minimum atomic E-state index is -0.0895. The zero-order valence-electron chi connectivity index (χ0n) is 22.8. The predicted molar refractivity (Wildman–Crippen MR) is 156 cm³/mol. The van der Waals surface area contributed by atoms with E-state index < -0.39 is 0 Å². The number of anilines is 1. The van der Waals surface area contributed by atoms with Crippen LogP contribution in [0, 0.1) is 6.92 Å². The molecule has 0 radical (unpaired) electrons. The summed E-state index contributed by atoms with van der Waals surface area (Å²) >= 11 is 1.71. The number of hydrogen-bond donors (Lipinski definition) is 1. The van der Waals surface area contributed by atoms with E-state index in [-0.39, 0.29) is 5.91 Å². The van der Waals surface area contributed by atoms with Crippen molar-refractivity contribution in [1.82, 2.24) is 0 Å². The van der Waals surface area contributed by atoms with Gasteiger partial charge in [-0.1, -0.05) is 107 Å². The Kier molecular flexibility index (Phi) is 13.3. The highest BCUT2D eigenvalue weighted by atomic mass is 32.1. The molecule has 1 aromatic heterocycles. The maximum Gasteiger partial charge on any atom is 0.256 e. The van der Waals surface area contributed by atoms with Gasteiger partial charge in [0.15, 0.2) is 12.7 Å². The second-order valence-electron chi connectivity index (χ2n) is 10.0. The summed E-state index contributed by atoms with van der Waals surface area (Å²) in [5.74, 6) is 0.763. The van der Waals surface area contributed by atoms with Crippen LogP contribution in [-0.4, -0.2) is 12.5 Å². The fourth-order valence-corrected chi connectivity index (χ4v) is 5.20. The maximum absolute atomic E-state index is 13.0. The van der Waals surface area contributed by atoms with Crippen LogP contribution in [0.4, 0.5) is 5.69 Å². The highest BCUT2D eigenvalue weighted by Gasteiger charge is 2.15. The van der Waals surface area contributed by atoms with Gasteiger partial charge in [-0.15, -0.1) is 0 Å². The highest BCUT2D eigenvalue weighted by Crippen LogP contribution is 2.19. The van der Waals surface area contributed by atoms with Gasteiger partial charge < -0.3 is 10.1 Å². The van der Waals surface area contributed by atoms with Crippen molar-refractivity contribution in [2.75, 3.05) is 11.9 Å². The summed E-state index contributed by atoms with van der Waals surface area (Å²) in [4.78, 5) is 14.2. The molecule has 0 bridgehead atoms. The Hall–Kier alpha value is -2.66. The van der Waals surface area contributed by atoms with Gasteiger partial charge in [-0.3, -0.25) is 4.79 Å². The van der Waals surface area contributed by atoms with Gasteiger partial charge in [0, 0.05) is 16.8 Å². The third kappa shape index (κ3) is 11.1. The number of thiazole rings is 1. The minimum absolute atomic E-state index is 0.0895. The lowest BCUT2D eigenvalue weighted by molar-refractivity contribution is -0.683. The van der Waals surface area contributed by atoms with E-state index in [1.54, 1.807) is 11.3 Å². The molecule has 1 heterocycles. The number of nitrogens with zero attached hydrogens (tertiary/aromatic N) is 1. The van der Waals surface area contributed by atoms with Crippen LogP contribution in [0.25, 0.3) is 0 Å². The topological polar surface area (TPSA) is 42.2 Å². The van der Waals surface area contributed by atoms with Crippen LogP contribution in [-0.2, 0) is 6.54 Å². The molecule has 3 rings (SSSR count). The number of benzene rings is 2. The molecular formula is C32H45N2O2S+. The van der Waals surface area contributed by atoms with Gasteiger partial charge in [-0.05, 0) is 43.7 Å². The van der Waals surface area contributed by atoms with Crippen LogP contribution in [0.5, 0.6) is 5.75 Å². The number of hydrogen-bond acceptors (Lipinski definition) is 3. The number of carbonyl (C=O) groups is 1. The lowest BCUT2D eigenvalue weighted by Gasteiger charge is -2.10. The van der Waals surface area contributed by atoms with E-state index in [2.05, 4.69) is 35.4 Å². The summed E-state index contributed by atoms with van der Waals surface area (Å²) in [5, 5.41) is 3.03. The third-order valence-corrected chi connectivity index (χ3v) is 7.57. The molecule has 1 amide bonds. The maximum atomic E-state index is 13.0. The summed E-state index contributed by atoms with van der Waals surface area (Å²) in [7, 11) is 0. The molecule has 37 heavy (non-hydrogen) atoms. The first-order chi connectivity index (χ1) is 18.2. The molecule has 3 aromatic rings. The van der Waals surface area contributed by atoms with Gasteiger partial charge in [-0.25, -0.2) is 0 Å². The standard InChI is InChI=1S/C32H44N2O2S/c1-3-4-5-6-7-8-9-10-11-12-13-16-23-36-30-21-19-29(20-22-30)33-32(35)31-18-15-14-17-28(31)25-34-24-27(2)37-26-34/h14-15,17-22,24,26H,3-13,16,23,25H2,1-2H3/p+1. The number of aryl methyl sites for hydroxylation is 1. The first-order valence-electron chi connectivity index (χ1n) is 14.2. The Morgan fingerprint density at radius 1 is 0.838 bits per heavy atom. The molecule has 0 spiro atoms. The number of carbonyl (C=O) groups excluding carboxylic acids is 1. The highest BCUT2D eigenvalue weighted by molar-refractivity contribution is 7.09. The number of rotatable bonds is 18. The largest absolute Gasteiger partial charge is 0.494 e. The first kappa shape index (κ1) is 28.9. The minimum Gasteiger partial charge on any atom is -0.494 e. The number of amides is 1. The fourth-order valence-electron chi connectivity index (χ4n) is 4.57. The second-order valence-corrected chi connectivity index (χ2v) is 11.1. The van der Waals surface area contributed by atoms with E-state index in [0.29, 0.717) is 12.1 Å². The van der Waals surface area contributed by atoms with Crippen molar-refractivity contribution in [1.29, 1.82) is 0 Å². The Morgan fingerprint density at radius 3 is 2.08 bits per heavy atom. The monoisotopic (exact) mass is 521 g/mol. The molecular weight excluding hydrogens is 476 g/mol. The van der Waals surface area contributed by atoms with Crippen LogP contribution in [0.3, 0.4) is 0 Å². The van der Waals surface area contributed by atoms with Gasteiger partial charge in [0.2, 0.25) is 5.51 Å². The molecule has 0 saturated carbocycles. The van der Waals surface area contributed by atoms with Crippen LogP contribution in [0.15, 0.2) is 60.2 Å². The fraction of sp³-hybridized carbons (Fsp3) is 0.500. The van der Waals surface area contributed by atoms with E-state index in [4.69, 9.17) is 4.74 Å². The quantitative estimate of drug-likeness (QED) is 0.134. The molecule has 0 aliphatic carbocycles. The Bertz CT molecular complexity index is 1040. The molecule has 4 nitrogen and oxygen atoms in total. The number of unbranched alkanes of at least 4 members (excludes halogenated alkanes) is 11. The van der Waals surface area contributed by atoms with Gasteiger partial charge in [0.1, 0.15) is 5.75 Å². The van der Waals surface area contributed by atoms with Crippen molar-refractivity contribution in [3.05, 3.63) is 76.2 Å². The van der Waals surface area contributed by atoms with Crippen LogP contribution >= 0.6 is 11.3 Å². The molecule has 1 N–H and O–H groups in total. The number of nitrogens with one attached hydrogen (secondary N) is 1. The normalized spacial score (nSPS) is 11.0. The summed E-state index contributed by atoms with van der Waals surface area (Å²) < 4.78 is 8.04. The van der Waals surface area contributed by atoms with E-state index in [0.717, 1.165) is 30.0 Å². The summed E-state index contributed by atoms with van der Waals surface area (Å²) in [5.41, 5.74) is 4.56. The van der Waals surface area contributed by atoms with Crippen molar-refractivity contribution in [3.63, 3.8) is 0 Å². The van der Waals surface area contributed by atoms with Crippen LogP contribution in [0.2, 0.25) is 0 Å². The predicted octanol–water partition coefficient (Wildman–Crippen LogP) is 8.72. The van der Waals surface area contributed by atoms with E-state index in [9.17, 15) is 4.79 Å². The average molecular weight is 522 g/mol. The summed E-state index contributed by atoms with van der Waals surface area (Å²) in [6.45, 7) is 5.79. The first-order valence-corrected chi connectivity index (χ1v) is 15.1. The lowest BCUT2D eigenvalue weighted by Crippen LogP contribution is -2.32. The molecule has 0 atom stereocenters. The molecule has 0 aliphatic rings. The Labute approximate surface area is 228 Å². The van der Waals surface area contributed by atoms with Crippen molar-refractivity contribution >= 4 is 22.9 Å². The van der Waals surface area contributed by atoms with E-state index >= 15 is 0 Å². The van der Waals surface area contributed by atoms with Gasteiger partial charge in [0.25, 0.3) is 5.91 Å². The SMILES string of the molecule is CCCCCCCCCCCCCCOc1ccc(NC(=O)c2ccccc2C[n+]2csc(C)c2)cc1. The van der Waals surface area contributed by atoms with Crippen LogP contribution < -0.4 is 14.6 Å². The average Bonchev–Trinajstić information content (AvgIpc) is 3.32. The van der Waals surface area contributed by atoms with Gasteiger partial charge in [0.05, 0.1) is 11.5 Å². The Balaban J connectivity index is 1.31. The lowest BCUT2D eigenvalue weighted by atomic mass is 10.1. The smallest absolute Gasteiger partial charge is 0.256 e. The van der Waals surface area contributed by atoms with Crippen molar-refractivity contribution in [2.24, 2.45) is 0 Å². The van der Waals surface area contributed by atoms with Gasteiger partial charge >= 0.3 is 0 Å². The molecule has 5 heteroatoms. The van der Waals surface area contributed by atoms with Crippen molar-refractivity contribution in [2.45, 2.75) is 97.4 Å². The number of ether oxygens (including phenoxy) is 1. The molecule has 0 fully saturated rings. The van der Waals surface area contributed by atoms with Crippen molar-refractivity contribution in [3.8, 4) is 5.75 Å². The van der Waals surface area contributed by atoms with Crippen LogP contribution in [0.1, 0.15) is 105 Å². The molecule has 0 unspecified atom stereocenters. The number of aromatic nitrogens is 1. The van der Waals surface area contributed by atoms with Gasteiger partial charge in [-0.2, -0.15) is 4.57 Å². The molecule has 0 aliphatic heterocycles. The molecule has 200 valence electrons. The Morgan fingerprint density at radius 2 is 1.46 bits per heavy atom. The van der Waals surface area contributed by atoms with E-state index in [1.165, 1.54) is 75.5 Å². The molecule has 2 aromatic carbocycles. The van der Waals surface area contributed by atoms with E-state index in [1.807, 2.05) is 48.5 Å². The zero-order chi connectivity index (χ0) is 26.1. The zero-order valence-corrected chi connectivity index (χ0v) is 23.7. The molecule has 0 saturated heterocycles. The third-order valence-electron chi connectivity index (χ3n) is 6.72. The van der Waals surface area contributed by atoms with Crippen molar-refractivity contribution < 1.29 is 14.1 Å². The second kappa shape index (κ2) is 17.0. The summed E-state index contributed by atoms with van der Waals surface area (Å²) in [6, 6.07) is 15.5. The summed E-state index contributed by atoms with van der Waals surface area (Å²) in [6.07, 6.45) is 18.2.